The van der Waals surface area contributed by atoms with Crippen LogP contribution in [0.15, 0.2) is 18.2 Å². The smallest absolute Gasteiger partial charge is 0.407 e. The van der Waals surface area contributed by atoms with E-state index in [9.17, 15) is 9.59 Å². The molecule has 0 spiro atoms. The molecule has 1 aromatic carbocycles. The normalized spacial score (nSPS) is 10.3. The summed E-state index contributed by atoms with van der Waals surface area (Å²) in [5.74, 6) is 6.45. The Balaban J connectivity index is 2.51. The monoisotopic (exact) mass is 317 g/mol. The molecule has 1 rings (SSSR count). The second kappa shape index (κ2) is 8.84. The quantitative estimate of drug-likeness (QED) is 0.515. The summed E-state index contributed by atoms with van der Waals surface area (Å²) in [4.78, 5) is 22.5. The highest BCUT2D eigenvalue weighted by Crippen LogP contribution is 2.18. The van der Waals surface area contributed by atoms with E-state index in [1.54, 1.807) is 18.2 Å². The zero-order valence-electron chi connectivity index (χ0n) is 14.1. The van der Waals surface area contributed by atoms with E-state index in [2.05, 4.69) is 17.2 Å². The Morgan fingerprint density at radius 2 is 2.09 bits per heavy atom. The van der Waals surface area contributed by atoms with Crippen LogP contribution in [0.1, 0.15) is 50.0 Å². The maximum atomic E-state index is 11.4. The molecular weight excluding hydrogens is 294 g/mol. The molecule has 0 aromatic heterocycles. The number of hydrogen-bond donors (Lipinski definition) is 1. The average Bonchev–Trinajstić information content (AvgIpc) is 2.46. The van der Waals surface area contributed by atoms with Gasteiger partial charge in [0.1, 0.15) is 11.4 Å². The van der Waals surface area contributed by atoms with Crippen LogP contribution in [0.2, 0.25) is 0 Å². The van der Waals surface area contributed by atoms with E-state index in [0.717, 1.165) is 11.8 Å². The zero-order valence-corrected chi connectivity index (χ0v) is 14.1. The molecule has 1 N–H and O–H groups in total. The van der Waals surface area contributed by atoms with Crippen molar-refractivity contribution >= 4 is 12.4 Å². The van der Waals surface area contributed by atoms with Crippen molar-refractivity contribution in [3.05, 3.63) is 29.3 Å². The number of carbonyl (C=O) groups excluding carboxylic acids is 2. The molecule has 0 aliphatic rings. The molecule has 0 heterocycles. The van der Waals surface area contributed by atoms with Crippen LogP contribution in [0.25, 0.3) is 0 Å². The van der Waals surface area contributed by atoms with Crippen molar-refractivity contribution in [1.29, 1.82) is 0 Å². The largest absolute Gasteiger partial charge is 0.493 e. The van der Waals surface area contributed by atoms with Crippen LogP contribution in [0, 0.1) is 11.8 Å². The van der Waals surface area contributed by atoms with Crippen LogP contribution in [0.3, 0.4) is 0 Å². The maximum Gasteiger partial charge on any atom is 0.407 e. The second-order valence-electron chi connectivity index (χ2n) is 5.78. The van der Waals surface area contributed by atoms with Gasteiger partial charge in [-0.3, -0.25) is 4.79 Å². The van der Waals surface area contributed by atoms with Crippen LogP contribution in [0.5, 0.6) is 5.75 Å². The molecule has 0 aliphatic heterocycles. The molecule has 124 valence electrons. The van der Waals surface area contributed by atoms with Gasteiger partial charge in [0.15, 0.2) is 6.29 Å². The third-order valence-corrected chi connectivity index (χ3v) is 2.59. The molecule has 0 saturated carbocycles. The fourth-order valence-corrected chi connectivity index (χ4v) is 1.71. The van der Waals surface area contributed by atoms with Gasteiger partial charge in [-0.2, -0.15) is 0 Å². The minimum atomic E-state index is -0.511. The fourth-order valence-electron chi connectivity index (χ4n) is 1.71. The first-order valence-electron chi connectivity index (χ1n) is 7.53. The standard InChI is InChI=1S/C18H23NO4/c1-5-22-16-10-9-14(12-15(16)13-20)8-6-7-11-19-17(21)23-18(2,3)4/h9-10,12-13H,5,7,11H2,1-4H3,(H,19,21). The molecule has 1 aromatic rings. The van der Waals surface area contributed by atoms with Gasteiger partial charge in [-0.15, -0.1) is 0 Å². The van der Waals surface area contributed by atoms with Crippen molar-refractivity contribution in [2.24, 2.45) is 0 Å². The van der Waals surface area contributed by atoms with E-state index in [1.807, 2.05) is 27.7 Å². The fraction of sp³-hybridized carbons (Fsp3) is 0.444. The summed E-state index contributed by atoms with van der Waals surface area (Å²) in [5.41, 5.74) is 0.696. The summed E-state index contributed by atoms with van der Waals surface area (Å²) in [6.45, 7) is 8.19. The molecular formula is C18H23NO4. The number of aldehydes is 1. The SMILES string of the molecule is CCOc1ccc(C#CCCNC(=O)OC(C)(C)C)cc1C=O. The molecule has 0 atom stereocenters. The summed E-state index contributed by atoms with van der Waals surface area (Å²) < 4.78 is 10.5. The lowest BCUT2D eigenvalue weighted by molar-refractivity contribution is 0.0529. The second-order valence-corrected chi connectivity index (χ2v) is 5.78. The van der Waals surface area contributed by atoms with Gasteiger partial charge in [0.25, 0.3) is 0 Å². The number of rotatable bonds is 5. The number of ether oxygens (including phenoxy) is 2. The van der Waals surface area contributed by atoms with Gasteiger partial charge in [-0.1, -0.05) is 11.8 Å². The molecule has 5 nitrogen and oxygen atoms in total. The lowest BCUT2D eigenvalue weighted by Gasteiger charge is -2.19. The Hall–Kier alpha value is -2.48. The van der Waals surface area contributed by atoms with Gasteiger partial charge < -0.3 is 14.8 Å². The predicted octanol–water partition coefficient (Wildman–Crippen LogP) is 3.16. The lowest BCUT2D eigenvalue weighted by Crippen LogP contribution is -2.32. The van der Waals surface area contributed by atoms with Gasteiger partial charge in [0, 0.05) is 18.5 Å². The number of carbonyl (C=O) groups is 2. The lowest BCUT2D eigenvalue weighted by atomic mass is 10.1. The van der Waals surface area contributed by atoms with Gasteiger partial charge >= 0.3 is 6.09 Å². The highest BCUT2D eigenvalue weighted by atomic mass is 16.6. The third-order valence-electron chi connectivity index (χ3n) is 2.59. The van der Waals surface area contributed by atoms with Crippen molar-refractivity contribution in [3.8, 4) is 17.6 Å². The first kappa shape index (κ1) is 18.6. The molecule has 0 unspecified atom stereocenters. The number of hydrogen-bond acceptors (Lipinski definition) is 4. The van der Waals surface area contributed by atoms with Gasteiger partial charge in [-0.05, 0) is 45.9 Å². The molecule has 0 fully saturated rings. The van der Waals surface area contributed by atoms with Gasteiger partial charge in [0.05, 0.1) is 12.2 Å². The first-order valence-corrected chi connectivity index (χ1v) is 7.53. The number of nitrogens with one attached hydrogen (secondary N) is 1. The molecule has 23 heavy (non-hydrogen) atoms. The van der Waals surface area contributed by atoms with Crippen molar-refractivity contribution in [3.63, 3.8) is 0 Å². The topological polar surface area (TPSA) is 64.6 Å². The van der Waals surface area contributed by atoms with Gasteiger partial charge in [0.2, 0.25) is 0 Å². The summed E-state index contributed by atoms with van der Waals surface area (Å²) in [6.07, 6.45) is 0.784. The van der Waals surface area contributed by atoms with Gasteiger partial charge in [-0.25, -0.2) is 4.79 Å². The number of alkyl carbamates (subject to hydrolysis) is 1. The molecule has 0 aliphatic carbocycles. The molecule has 1 amide bonds. The summed E-state index contributed by atoms with van der Waals surface area (Å²) in [7, 11) is 0. The Morgan fingerprint density at radius 3 is 2.70 bits per heavy atom. The van der Waals surface area contributed by atoms with Crippen molar-refractivity contribution in [1.82, 2.24) is 5.32 Å². The summed E-state index contributed by atoms with van der Waals surface area (Å²) >= 11 is 0. The van der Waals surface area contributed by atoms with Crippen molar-refractivity contribution in [2.45, 2.75) is 39.7 Å². The average molecular weight is 317 g/mol. The Morgan fingerprint density at radius 1 is 1.35 bits per heavy atom. The van der Waals surface area contributed by atoms with Crippen molar-refractivity contribution < 1.29 is 19.1 Å². The highest BCUT2D eigenvalue weighted by molar-refractivity contribution is 5.80. The van der Waals surface area contributed by atoms with E-state index in [4.69, 9.17) is 9.47 Å². The first-order chi connectivity index (χ1) is 10.9. The Labute approximate surface area is 137 Å². The third kappa shape index (κ3) is 7.37. The molecule has 0 saturated heterocycles. The minimum Gasteiger partial charge on any atom is -0.493 e. The van der Waals surface area contributed by atoms with E-state index in [0.29, 0.717) is 30.9 Å². The van der Waals surface area contributed by atoms with Crippen LogP contribution >= 0.6 is 0 Å². The Bertz CT molecular complexity index is 606. The molecule has 0 bridgehead atoms. The molecule has 5 heteroatoms. The Kier molecular flexibility index (Phi) is 7.14. The van der Waals surface area contributed by atoms with Crippen LogP contribution < -0.4 is 10.1 Å². The highest BCUT2D eigenvalue weighted by Gasteiger charge is 2.15. The minimum absolute atomic E-state index is 0.402. The number of amides is 1. The van der Waals surface area contributed by atoms with Crippen LogP contribution in [0.4, 0.5) is 4.79 Å². The molecule has 0 radical (unpaired) electrons. The van der Waals surface area contributed by atoms with Crippen molar-refractivity contribution in [2.75, 3.05) is 13.2 Å². The van der Waals surface area contributed by atoms with E-state index in [1.165, 1.54) is 0 Å². The summed E-state index contributed by atoms with van der Waals surface area (Å²) in [5, 5.41) is 2.63. The zero-order chi connectivity index (χ0) is 17.3. The maximum absolute atomic E-state index is 11.4. The number of benzene rings is 1. The van der Waals surface area contributed by atoms with E-state index >= 15 is 0 Å². The van der Waals surface area contributed by atoms with E-state index < -0.39 is 11.7 Å². The summed E-state index contributed by atoms with van der Waals surface area (Å²) in [6, 6.07) is 5.22. The van der Waals surface area contributed by atoms with Crippen LogP contribution in [-0.2, 0) is 4.74 Å². The predicted molar refractivity (Wildman–Crippen MR) is 88.7 cm³/mol. The van der Waals surface area contributed by atoms with E-state index in [-0.39, 0.29) is 0 Å². The van der Waals surface area contributed by atoms with Crippen LogP contribution in [-0.4, -0.2) is 31.1 Å².